The average Bonchev–Trinajstić information content (AvgIpc) is 2.44. The van der Waals surface area contributed by atoms with E-state index in [4.69, 9.17) is 44.6 Å². The van der Waals surface area contributed by atoms with E-state index in [0.29, 0.717) is 5.56 Å². The number of alkyl halides is 3. The van der Waals surface area contributed by atoms with E-state index in [0.717, 1.165) is 4.90 Å². The molecule has 0 unspecified atom stereocenters. The molecule has 0 radical (unpaired) electrons. The number of aliphatic hydroxyl groups excluding tert-OH is 1. The quantitative estimate of drug-likeness (QED) is 0.751. The molecular formula is C13H14Cl3NO5. The van der Waals surface area contributed by atoms with Crippen molar-refractivity contribution in [2.24, 2.45) is 0 Å². The topological polar surface area (TPSA) is 87.1 Å². The molecule has 0 aliphatic rings. The summed E-state index contributed by atoms with van der Waals surface area (Å²) in [7, 11) is 0. The van der Waals surface area contributed by atoms with Crippen LogP contribution >= 0.6 is 34.8 Å². The molecule has 2 N–H and O–H groups in total. The number of hydrogen-bond acceptors (Lipinski definition) is 4. The van der Waals surface area contributed by atoms with Crippen molar-refractivity contribution in [3.63, 3.8) is 0 Å². The number of carboxylic acids is 1. The maximum Gasteiger partial charge on any atom is 0.411 e. The van der Waals surface area contributed by atoms with Gasteiger partial charge in [-0.3, -0.25) is 4.90 Å². The Morgan fingerprint density at radius 3 is 2.27 bits per heavy atom. The zero-order chi connectivity index (χ0) is 16.8. The van der Waals surface area contributed by atoms with Gasteiger partial charge in [0.2, 0.25) is 3.79 Å². The first-order valence-electron chi connectivity index (χ1n) is 6.12. The van der Waals surface area contributed by atoms with Crippen LogP contribution in [0.3, 0.4) is 0 Å². The van der Waals surface area contributed by atoms with Crippen molar-refractivity contribution in [3.05, 3.63) is 35.9 Å². The summed E-state index contributed by atoms with van der Waals surface area (Å²) >= 11 is 16.5. The summed E-state index contributed by atoms with van der Waals surface area (Å²) in [5.74, 6) is -1.37. The van der Waals surface area contributed by atoms with E-state index in [1.54, 1.807) is 30.3 Å². The molecule has 0 spiro atoms. The lowest BCUT2D eigenvalue weighted by Gasteiger charge is -2.27. The molecule has 0 fully saturated rings. The monoisotopic (exact) mass is 369 g/mol. The fraction of sp³-hybridized carbons (Fsp3) is 0.385. The highest BCUT2D eigenvalue weighted by atomic mass is 35.6. The molecule has 1 atom stereocenters. The molecule has 0 aliphatic carbocycles. The van der Waals surface area contributed by atoms with Gasteiger partial charge in [0, 0.05) is 0 Å². The first-order chi connectivity index (χ1) is 10.2. The van der Waals surface area contributed by atoms with Crippen LogP contribution in [-0.4, -0.2) is 50.2 Å². The Labute approximate surface area is 142 Å². The van der Waals surface area contributed by atoms with Crippen LogP contribution in [0.25, 0.3) is 0 Å². The minimum absolute atomic E-state index is 0.0724. The van der Waals surface area contributed by atoms with Crippen LogP contribution in [-0.2, 0) is 16.1 Å². The van der Waals surface area contributed by atoms with Gasteiger partial charge in [0.25, 0.3) is 0 Å². The van der Waals surface area contributed by atoms with Crippen molar-refractivity contribution in [1.29, 1.82) is 0 Å². The Bertz CT molecular complexity index is 506. The predicted octanol–water partition coefficient (Wildman–Crippen LogP) is 2.44. The molecule has 1 rings (SSSR count). The van der Waals surface area contributed by atoms with E-state index in [1.807, 2.05) is 0 Å². The SMILES string of the molecule is O=C(O)[C@H](CO)N(Cc1ccccc1)C(=O)OCC(Cl)(Cl)Cl. The molecule has 0 bridgehead atoms. The number of halogens is 3. The molecule has 1 aromatic rings. The number of aliphatic carboxylic acids is 1. The van der Waals surface area contributed by atoms with Gasteiger partial charge in [-0.05, 0) is 5.56 Å². The molecule has 9 heteroatoms. The van der Waals surface area contributed by atoms with Crippen molar-refractivity contribution < 1.29 is 24.5 Å². The van der Waals surface area contributed by atoms with E-state index < -0.39 is 35.1 Å². The van der Waals surface area contributed by atoms with Crippen LogP contribution in [0, 0.1) is 0 Å². The third-order valence-electron chi connectivity index (χ3n) is 2.62. The van der Waals surface area contributed by atoms with Crippen molar-refractivity contribution in [1.82, 2.24) is 4.90 Å². The summed E-state index contributed by atoms with van der Waals surface area (Å²) in [5, 5.41) is 18.3. The second-order valence-corrected chi connectivity index (χ2v) is 6.84. The van der Waals surface area contributed by atoms with E-state index in [-0.39, 0.29) is 6.54 Å². The Hall–Kier alpha value is -1.21. The van der Waals surface area contributed by atoms with E-state index in [1.165, 1.54) is 0 Å². The van der Waals surface area contributed by atoms with Gasteiger partial charge >= 0.3 is 12.1 Å². The van der Waals surface area contributed by atoms with Gasteiger partial charge in [-0.15, -0.1) is 0 Å². The number of ether oxygens (including phenoxy) is 1. The van der Waals surface area contributed by atoms with Crippen LogP contribution in [0.2, 0.25) is 0 Å². The Balaban J connectivity index is 2.90. The smallest absolute Gasteiger partial charge is 0.411 e. The van der Waals surface area contributed by atoms with Gasteiger partial charge in [-0.25, -0.2) is 9.59 Å². The Morgan fingerprint density at radius 2 is 1.82 bits per heavy atom. The van der Waals surface area contributed by atoms with Gasteiger partial charge in [0.05, 0.1) is 13.2 Å². The number of nitrogens with zero attached hydrogens (tertiary/aromatic N) is 1. The maximum absolute atomic E-state index is 12.1. The van der Waals surface area contributed by atoms with Crippen LogP contribution in [0.15, 0.2) is 30.3 Å². The zero-order valence-corrected chi connectivity index (χ0v) is 13.6. The number of hydrogen-bond donors (Lipinski definition) is 2. The first-order valence-corrected chi connectivity index (χ1v) is 7.25. The average molecular weight is 371 g/mol. The predicted molar refractivity (Wildman–Crippen MR) is 82.1 cm³/mol. The highest BCUT2D eigenvalue weighted by Crippen LogP contribution is 2.26. The van der Waals surface area contributed by atoms with Gasteiger partial charge in [-0.1, -0.05) is 65.1 Å². The van der Waals surface area contributed by atoms with E-state index in [9.17, 15) is 14.7 Å². The van der Waals surface area contributed by atoms with Crippen LogP contribution < -0.4 is 0 Å². The van der Waals surface area contributed by atoms with Gasteiger partial charge < -0.3 is 14.9 Å². The molecule has 1 aromatic carbocycles. The molecule has 22 heavy (non-hydrogen) atoms. The summed E-state index contributed by atoms with van der Waals surface area (Å²) in [6.45, 7) is -1.39. The highest BCUT2D eigenvalue weighted by Gasteiger charge is 2.32. The fourth-order valence-corrected chi connectivity index (χ4v) is 1.78. The summed E-state index contributed by atoms with van der Waals surface area (Å²) in [5.41, 5.74) is 0.660. The van der Waals surface area contributed by atoms with Crippen LogP contribution in [0.5, 0.6) is 0 Å². The lowest BCUT2D eigenvalue weighted by molar-refractivity contribution is -0.144. The Morgan fingerprint density at radius 1 is 1.23 bits per heavy atom. The van der Waals surface area contributed by atoms with Crippen LogP contribution in [0.1, 0.15) is 5.56 Å². The number of benzene rings is 1. The Kier molecular flexibility index (Phi) is 7.22. The van der Waals surface area contributed by atoms with Crippen molar-refractivity contribution in [3.8, 4) is 0 Å². The molecule has 0 saturated heterocycles. The third-order valence-corrected chi connectivity index (χ3v) is 2.95. The molecular weight excluding hydrogens is 357 g/mol. The number of carbonyl (C=O) groups excluding carboxylic acids is 1. The normalized spacial score (nSPS) is 12.5. The molecule has 0 saturated carbocycles. The second kappa shape index (κ2) is 8.43. The fourth-order valence-electron chi connectivity index (χ4n) is 1.62. The van der Waals surface area contributed by atoms with Gasteiger partial charge in [0.1, 0.15) is 6.61 Å². The summed E-state index contributed by atoms with van der Waals surface area (Å²) in [6.07, 6.45) is -1.00. The lowest BCUT2D eigenvalue weighted by Crippen LogP contribution is -2.47. The number of carboxylic acid groups (broad SMARTS) is 1. The molecule has 122 valence electrons. The minimum atomic E-state index is -1.81. The summed E-state index contributed by atoms with van der Waals surface area (Å²) in [6, 6.07) is 7.17. The van der Waals surface area contributed by atoms with E-state index in [2.05, 4.69) is 0 Å². The summed E-state index contributed by atoms with van der Waals surface area (Å²) in [4.78, 5) is 24.1. The zero-order valence-electron chi connectivity index (χ0n) is 11.3. The van der Waals surface area contributed by atoms with E-state index >= 15 is 0 Å². The second-order valence-electron chi connectivity index (χ2n) is 4.32. The van der Waals surface area contributed by atoms with Crippen LogP contribution in [0.4, 0.5) is 4.79 Å². The summed E-state index contributed by atoms with van der Waals surface area (Å²) < 4.78 is 2.98. The number of carbonyl (C=O) groups is 2. The lowest BCUT2D eigenvalue weighted by atomic mass is 10.2. The largest absolute Gasteiger partial charge is 0.480 e. The third kappa shape index (κ3) is 6.27. The molecule has 6 nitrogen and oxygen atoms in total. The minimum Gasteiger partial charge on any atom is -0.480 e. The number of rotatable bonds is 6. The van der Waals surface area contributed by atoms with Crippen molar-refractivity contribution in [2.45, 2.75) is 16.4 Å². The highest BCUT2D eigenvalue weighted by molar-refractivity contribution is 6.67. The number of amides is 1. The van der Waals surface area contributed by atoms with Gasteiger partial charge in [-0.2, -0.15) is 0 Å². The maximum atomic E-state index is 12.1. The van der Waals surface area contributed by atoms with Crippen molar-refractivity contribution in [2.75, 3.05) is 13.2 Å². The first kappa shape index (κ1) is 18.8. The molecule has 1 amide bonds. The molecule has 0 aromatic heterocycles. The standard InChI is InChI=1S/C13H14Cl3NO5/c14-13(15,16)8-22-12(21)17(10(7-18)11(19)20)6-9-4-2-1-3-5-9/h1-5,10,18H,6-8H2,(H,19,20)/t10-/m0/s1. The van der Waals surface area contributed by atoms with Crippen molar-refractivity contribution >= 4 is 46.9 Å². The number of aliphatic hydroxyl groups is 1. The molecule has 0 aliphatic heterocycles. The van der Waals surface area contributed by atoms with Gasteiger partial charge in [0.15, 0.2) is 6.04 Å². The molecule has 0 heterocycles.